The van der Waals surface area contributed by atoms with Gasteiger partial charge in [0, 0.05) is 10.9 Å². The van der Waals surface area contributed by atoms with Gasteiger partial charge in [0.1, 0.15) is 5.51 Å². The molecule has 1 unspecified atom stereocenters. The van der Waals surface area contributed by atoms with Crippen molar-refractivity contribution >= 4 is 34.0 Å². The van der Waals surface area contributed by atoms with Crippen molar-refractivity contribution in [3.8, 4) is 11.1 Å². The fraction of sp³-hybridized carbons (Fsp3) is 0.160. The molecule has 0 saturated carbocycles. The Morgan fingerprint density at radius 3 is 2.29 bits per heavy atom. The largest absolute Gasteiger partial charge is 0.300 e. The van der Waals surface area contributed by atoms with Gasteiger partial charge in [0.2, 0.25) is 11.0 Å². The van der Waals surface area contributed by atoms with Crippen molar-refractivity contribution in [1.82, 2.24) is 10.2 Å². The summed E-state index contributed by atoms with van der Waals surface area (Å²) in [7, 11) is 0. The number of rotatable bonds is 6. The van der Waals surface area contributed by atoms with E-state index in [1.165, 1.54) is 11.3 Å². The van der Waals surface area contributed by atoms with Gasteiger partial charge in [0.05, 0.1) is 5.41 Å². The van der Waals surface area contributed by atoms with Crippen LogP contribution in [-0.2, 0) is 4.79 Å². The molecule has 0 fully saturated rings. The average molecular weight is 448 g/mol. The van der Waals surface area contributed by atoms with E-state index in [9.17, 15) is 4.79 Å². The van der Waals surface area contributed by atoms with Crippen LogP contribution < -0.4 is 5.32 Å². The van der Waals surface area contributed by atoms with Crippen LogP contribution in [0.25, 0.3) is 11.1 Å². The Labute approximate surface area is 190 Å². The number of anilines is 1. The Balaban J connectivity index is 1.71. The van der Waals surface area contributed by atoms with Gasteiger partial charge in [-0.25, -0.2) is 0 Å². The number of hydrogen-bond donors (Lipinski definition) is 1. The highest BCUT2D eigenvalue weighted by atomic mass is 35.5. The number of amides is 1. The highest BCUT2D eigenvalue weighted by Crippen LogP contribution is 2.42. The minimum Gasteiger partial charge on any atom is -0.300 e. The van der Waals surface area contributed by atoms with Crippen LogP contribution in [0.3, 0.4) is 0 Å². The first-order valence-electron chi connectivity index (χ1n) is 9.93. The summed E-state index contributed by atoms with van der Waals surface area (Å²) < 4.78 is 0. The molecular formula is C25H22ClN3OS. The summed E-state index contributed by atoms with van der Waals surface area (Å²) in [5, 5.41) is 11.9. The maximum Gasteiger partial charge on any atom is 0.232 e. The van der Waals surface area contributed by atoms with E-state index in [0.717, 1.165) is 22.3 Å². The van der Waals surface area contributed by atoms with Crippen LogP contribution in [0, 0.1) is 5.41 Å². The number of benzene rings is 3. The van der Waals surface area contributed by atoms with Crippen LogP contribution in [0.4, 0.5) is 5.13 Å². The Hall–Kier alpha value is -3.02. The van der Waals surface area contributed by atoms with E-state index < -0.39 is 5.41 Å². The van der Waals surface area contributed by atoms with Gasteiger partial charge in [-0.3, -0.25) is 4.79 Å². The van der Waals surface area contributed by atoms with E-state index in [1.54, 1.807) is 5.51 Å². The van der Waals surface area contributed by atoms with Crippen LogP contribution in [0.2, 0.25) is 5.02 Å². The summed E-state index contributed by atoms with van der Waals surface area (Å²) in [6.45, 7) is 3.93. The lowest BCUT2D eigenvalue weighted by molar-refractivity contribution is -0.124. The third-order valence-electron chi connectivity index (χ3n) is 5.42. The van der Waals surface area contributed by atoms with Gasteiger partial charge in [-0.1, -0.05) is 104 Å². The van der Waals surface area contributed by atoms with Crippen LogP contribution in [0.15, 0.2) is 84.4 Å². The molecular weight excluding hydrogens is 426 g/mol. The molecule has 1 amide bonds. The molecule has 0 aliphatic heterocycles. The zero-order valence-corrected chi connectivity index (χ0v) is 18.8. The molecule has 0 radical (unpaired) electrons. The van der Waals surface area contributed by atoms with Gasteiger partial charge in [-0.05, 0) is 34.4 Å². The van der Waals surface area contributed by atoms with Crippen molar-refractivity contribution in [2.75, 3.05) is 5.32 Å². The molecule has 156 valence electrons. The van der Waals surface area contributed by atoms with Crippen molar-refractivity contribution in [3.63, 3.8) is 0 Å². The van der Waals surface area contributed by atoms with Crippen molar-refractivity contribution < 1.29 is 4.79 Å². The Kier molecular flexibility index (Phi) is 6.16. The standard InChI is InChI=1S/C25H22ClN3OS/c1-25(2,23(30)28-24-29-27-16-31-24)22(18-7-4-3-5-8-18)19-13-11-17(12-14-19)20-9-6-10-21(26)15-20/h3-16,22H,1-2H3,(H,28,29,30). The average Bonchev–Trinajstić information content (AvgIpc) is 3.28. The maximum absolute atomic E-state index is 13.3. The second-order valence-electron chi connectivity index (χ2n) is 7.90. The molecule has 0 spiro atoms. The monoisotopic (exact) mass is 447 g/mol. The second-order valence-corrected chi connectivity index (χ2v) is 9.17. The number of hydrogen-bond acceptors (Lipinski definition) is 4. The third kappa shape index (κ3) is 4.68. The van der Waals surface area contributed by atoms with E-state index in [1.807, 2.05) is 56.3 Å². The van der Waals surface area contributed by atoms with Crippen molar-refractivity contribution in [1.29, 1.82) is 0 Å². The first-order chi connectivity index (χ1) is 14.9. The molecule has 3 aromatic carbocycles. The molecule has 31 heavy (non-hydrogen) atoms. The van der Waals surface area contributed by atoms with E-state index >= 15 is 0 Å². The van der Waals surface area contributed by atoms with E-state index in [4.69, 9.17) is 11.6 Å². The van der Waals surface area contributed by atoms with E-state index in [0.29, 0.717) is 10.2 Å². The van der Waals surface area contributed by atoms with Gasteiger partial charge in [0.15, 0.2) is 0 Å². The number of halogens is 1. The van der Waals surface area contributed by atoms with Crippen molar-refractivity contribution in [3.05, 3.63) is 101 Å². The molecule has 4 nitrogen and oxygen atoms in total. The summed E-state index contributed by atoms with van der Waals surface area (Å²) in [6, 6.07) is 26.3. The molecule has 0 bridgehead atoms. The van der Waals surface area contributed by atoms with Crippen LogP contribution in [-0.4, -0.2) is 16.1 Å². The summed E-state index contributed by atoms with van der Waals surface area (Å²) in [6.07, 6.45) is 0. The summed E-state index contributed by atoms with van der Waals surface area (Å²) in [5.41, 5.74) is 5.15. The number of aromatic nitrogens is 2. The second kappa shape index (κ2) is 9.00. The van der Waals surface area contributed by atoms with Crippen molar-refractivity contribution in [2.24, 2.45) is 5.41 Å². The quantitative estimate of drug-likeness (QED) is 0.359. The van der Waals surface area contributed by atoms with E-state index in [-0.39, 0.29) is 11.8 Å². The molecule has 0 saturated heterocycles. The number of carbonyl (C=O) groups is 1. The predicted octanol–water partition coefficient (Wildman–Crippen LogP) is 6.66. The lowest BCUT2D eigenvalue weighted by atomic mass is 9.70. The predicted molar refractivity (Wildman–Crippen MR) is 127 cm³/mol. The lowest BCUT2D eigenvalue weighted by Gasteiger charge is -2.33. The zero-order chi connectivity index (χ0) is 21.8. The molecule has 6 heteroatoms. The number of nitrogens with zero attached hydrogens (tertiary/aromatic N) is 2. The smallest absolute Gasteiger partial charge is 0.232 e. The molecule has 1 aromatic heterocycles. The third-order valence-corrected chi connectivity index (χ3v) is 6.26. The SMILES string of the molecule is CC(C)(C(=O)Nc1nncs1)C(c1ccccc1)c1ccc(-c2cccc(Cl)c2)cc1. The minimum atomic E-state index is -0.732. The topological polar surface area (TPSA) is 54.9 Å². The molecule has 4 rings (SSSR count). The summed E-state index contributed by atoms with van der Waals surface area (Å²) in [5.74, 6) is -0.243. The molecule has 4 aromatic rings. The van der Waals surface area contributed by atoms with Gasteiger partial charge in [-0.15, -0.1) is 10.2 Å². The Morgan fingerprint density at radius 1 is 0.935 bits per heavy atom. The molecule has 0 aliphatic rings. The fourth-order valence-electron chi connectivity index (χ4n) is 3.82. The Morgan fingerprint density at radius 2 is 1.65 bits per heavy atom. The summed E-state index contributed by atoms with van der Waals surface area (Å²) >= 11 is 7.46. The summed E-state index contributed by atoms with van der Waals surface area (Å²) in [4.78, 5) is 13.3. The lowest BCUT2D eigenvalue weighted by Crippen LogP contribution is -2.37. The molecule has 1 atom stereocenters. The van der Waals surface area contributed by atoms with Crippen LogP contribution in [0.5, 0.6) is 0 Å². The minimum absolute atomic E-state index is 0.1000. The molecule has 1 N–H and O–H groups in total. The number of carbonyl (C=O) groups excluding carboxylic acids is 1. The van der Waals surface area contributed by atoms with Gasteiger partial charge >= 0.3 is 0 Å². The van der Waals surface area contributed by atoms with Gasteiger partial charge in [-0.2, -0.15) is 0 Å². The van der Waals surface area contributed by atoms with Crippen molar-refractivity contribution in [2.45, 2.75) is 19.8 Å². The van der Waals surface area contributed by atoms with Gasteiger partial charge in [0.25, 0.3) is 0 Å². The maximum atomic E-state index is 13.3. The first-order valence-corrected chi connectivity index (χ1v) is 11.2. The fourth-order valence-corrected chi connectivity index (χ4v) is 4.45. The highest BCUT2D eigenvalue weighted by Gasteiger charge is 2.39. The van der Waals surface area contributed by atoms with Gasteiger partial charge < -0.3 is 5.32 Å². The number of nitrogens with one attached hydrogen (secondary N) is 1. The molecule has 0 aliphatic carbocycles. The van der Waals surface area contributed by atoms with E-state index in [2.05, 4.69) is 51.9 Å². The first kappa shape index (κ1) is 21.2. The highest BCUT2D eigenvalue weighted by molar-refractivity contribution is 7.13. The normalized spacial score (nSPS) is 12.4. The Bertz CT molecular complexity index is 1160. The zero-order valence-electron chi connectivity index (χ0n) is 17.2. The van der Waals surface area contributed by atoms with Crippen LogP contribution >= 0.6 is 22.9 Å². The van der Waals surface area contributed by atoms with Crippen LogP contribution in [0.1, 0.15) is 30.9 Å². The molecule has 1 heterocycles.